The quantitative estimate of drug-likeness (QED) is 0.928. The molecule has 1 N–H and O–H groups in total. The molecule has 0 aromatic carbocycles. The number of aryl methyl sites for hydroxylation is 2. The van der Waals surface area contributed by atoms with Gasteiger partial charge in [0.25, 0.3) is 0 Å². The molecule has 0 amide bonds. The van der Waals surface area contributed by atoms with E-state index in [1.54, 1.807) is 4.68 Å². The Balaban J connectivity index is 0.00000162. The first-order valence-corrected chi connectivity index (χ1v) is 5.83. The van der Waals surface area contributed by atoms with Gasteiger partial charge in [0, 0.05) is 43.2 Å². The van der Waals surface area contributed by atoms with E-state index in [-0.39, 0.29) is 12.4 Å². The third-order valence-corrected chi connectivity index (χ3v) is 2.66. The van der Waals surface area contributed by atoms with Crippen LogP contribution < -0.4 is 5.32 Å². The van der Waals surface area contributed by atoms with Crippen LogP contribution in [0, 0.1) is 6.92 Å². The summed E-state index contributed by atoms with van der Waals surface area (Å²) >= 11 is 0. The van der Waals surface area contributed by atoms with E-state index >= 15 is 0 Å². The molecule has 0 aliphatic heterocycles. The minimum Gasteiger partial charge on any atom is -0.364 e. The summed E-state index contributed by atoms with van der Waals surface area (Å²) in [6, 6.07) is 0.391. The van der Waals surface area contributed by atoms with E-state index < -0.39 is 0 Å². The first-order valence-electron chi connectivity index (χ1n) is 5.83. The molecule has 6 heteroatoms. The maximum atomic E-state index is 4.51. The topological polar surface area (TPSA) is 47.7 Å². The van der Waals surface area contributed by atoms with Crippen LogP contribution in [0.4, 0.5) is 5.82 Å². The predicted octanol–water partition coefficient (Wildman–Crippen LogP) is 2.54. The molecular weight excluding hydrogens is 250 g/mol. The van der Waals surface area contributed by atoms with Crippen LogP contribution in [0.3, 0.4) is 0 Å². The molecule has 0 saturated heterocycles. The number of rotatable bonds is 4. The van der Waals surface area contributed by atoms with Gasteiger partial charge in [-0.25, -0.2) is 0 Å². The lowest BCUT2D eigenvalue weighted by Gasteiger charge is -2.04. The lowest BCUT2D eigenvalue weighted by Crippen LogP contribution is -2.04. The molecule has 0 spiro atoms. The minimum absolute atomic E-state index is 0. The number of hydrogen-bond acceptors (Lipinski definition) is 3. The van der Waals surface area contributed by atoms with Crippen LogP contribution >= 0.6 is 12.4 Å². The number of hydrogen-bond donors (Lipinski definition) is 1. The van der Waals surface area contributed by atoms with Crippen LogP contribution in [-0.2, 0) is 13.6 Å². The molecule has 5 nitrogen and oxygen atoms in total. The largest absolute Gasteiger partial charge is 0.364 e. The average molecular weight is 270 g/mol. The van der Waals surface area contributed by atoms with Gasteiger partial charge < -0.3 is 5.32 Å². The van der Waals surface area contributed by atoms with E-state index in [1.807, 2.05) is 24.1 Å². The Morgan fingerprint density at radius 1 is 1.33 bits per heavy atom. The highest BCUT2D eigenvalue weighted by molar-refractivity contribution is 5.85. The van der Waals surface area contributed by atoms with Gasteiger partial charge in [-0.2, -0.15) is 10.2 Å². The van der Waals surface area contributed by atoms with Crippen LogP contribution in [0.25, 0.3) is 0 Å². The van der Waals surface area contributed by atoms with Gasteiger partial charge in [-0.15, -0.1) is 12.4 Å². The zero-order chi connectivity index (χ0) is 12.4. The zero-order valence-electron chi connectivity index (χ0n) is 11.2. The molecule has 2 rings (SSSR count). The third kappa shape index (κ3) is 3.26. The molecule has 0 bridgehead atoms. The summed E-state index contributed by atoms with van der Waals surface area (Å²) in [5.41, 5.74) is 2.33. The summed E-state index contributed by atoms with van der Waals surface area (Å²) in [5, 5.41) is 12.0. The second kappa shape index (κ2) is 5.91. The molecule has 100 valence electrons. The fraction of sp³-hybridized carbons (Fsp3) is 0.500. The van der Waals surface area contributed by atoms with Crippen LogP contribution in [0.5, 0.6) is 0 Å². The minimum atomic E-state index is 0. The molecule has 2 aromatic heterocycles. The Labute approximate surface area is 114 Å². The van der Waals surface area contributed by atoms with Gasteiger partial charge in [0.15, 0.2) is 5.82 Å². The van der Waals surface area contributed by atoms with Crippen molar-refractivity contribution in [3.63, 3.8) is 0 Å². The number of anilines is 1. The summed E-state index contributed by atoms with van der Waals surface area (Å²) in [6.45, 7) is 7.07. The standard InChI is InChI=1S/C12H19N5.ClH/c1-9(2)17-7-10(3)12(15-17)13-5-11-6-14-16(4)8-11;/h6-9H,5H2,1-4H3,(H,13,15);1H. The van der Waals surface area contributed by atoms with Crippen molar-refractivity contribution in [3.8, 4) is 0 Å². The number of nitrogens with zero attached hydrogens (tertiary/aromatic N) is 4. The Morgan fingerprint density at radius 3 is 2.56 bits per heavy atom. The Kier molecular flexibility index (Phi) is 4.78. The molecule has 0 fully saturated rings. The molecule has 0 saturated carbocycles. The van der Waals surface area contributed by atoms with Crippen molar-refractivity contribution in [1.82, 2.24) is 19.6 Å². The van der Waals surface area contributed by atoms with E-state index in [4.69, 9.17) is 0 Å². The summed E-state index contributed by atoms with van der Waals surface area (Å²) in [6.07, 6.45) is 5.93. The van der Waals surface area contributed by atoms with Crippen LogP contribution in [-0.4, -0.2) is 19.6 Å². The average Bonchev–Trinajstić information content (AvgIpc) is 2.82. The summed E-state index contributed by atoms with van der Waals surface area (Å²) in [5.74, 6) is 0.947. The Hall–Kier alpha value is -1.49. The summed E-state index contributed by atoms with van der Waals surface area (Å²) in [7, 11) is 1.92. The first kappa shape index (κ1) is 14.6. The van der Waals surface area contributed by atoms with Crippen molar-refractivity contribution in [2.24, 2.45) is 7.05 Å². The van der Waals surface area contributed by atoms with Gasteiger partial charge >= 0.3 is 0 Å². The third-order valence-electron chi connectivity index (χ3n) is 2.66. The molecule has 18 heavy (non-hydrogen) atoms. The van der Waals surface area contributed by atoms with Crippen molar-refractivity contribution in [2.45, 2.75) is 33.4 Å². The lowest BCUT2D eigenvalue weighted by atomic mass is 10.3. The summed E-state index contributed by atoms with van der Waals surface area (Å²) < 4.78 is 3.78. The zero-order valence-corrected chi connectivity index (χ0v) is 12.0. The van der Waals surface area contributed by atoms with Crippen molar-refractivity contribution in [2.75, 3.05) is 5.32 Å². The predicted molar refractivity (Wildman–Crippen MR) is 75.1 cm³/mol. The molecule has 0 radical (unpaired) electrons. The number of halogens is 1. The maximum absolute atomic E-state index is 4.51. The normalized spacial score (nSPS) is 10.5. The number of aromatic nitrogens is 4. The van der Waals surface area contributed by atoms with Gasteiger partial charge in [0.1, 0.15) is 0 Å². The van der Waals surface area contributed by atoms with Gasteiger partial charge in [0.05, 0.1) is 6.20 Å². The van der Waals surface area contributed by atoms with Crippen LogP contribution in [0.15, 0.2) is 18.6 Å². The van der Waals surface area contributed by atoms with E-state index in [0.717, 1.165) is 17.9 Å². The van der Waals surface area contributed by atoms with Gasteiger partial charge in [-0.1, -0.05) is 0 Å². The fourth-order valence-corrected chi connectivity index (χ4v) is 1.67. The SMILES string of the molecule is Cc1cn(C(C)C)nc1NCc1cnn(C)c1.Cl. The molecule has 0 aliphatic rings. The van der Waals surface area contributed by atoms with Crippen LogP contribution in [0.1, 0.15) is 31.0 Å². The van der Waals surface area contributed by atoms with E-state index in [1.165, 1.54) is 5.56 Å². The monoisotopic (exact) mass is 269 g/mol. The van der Waals surface area contributed by atoms with Crippen molar-refractivity contribution in [1.29, 1.82) is 0 Å². The smallest absolute Gasteiger partial charge is 0.151 e. The number of nitrogens with one attached hydrogen (secondary N) is 1. The summed E-state index contributed by atoms with van der Waals surface area (Å²) in [4.78, 5) is 0. The van der Waals surface area contributed by atoms with Gasteiger partial charge in [0.2, 0.25) is 0 Å². The molecular formula is C12H20ClN5. The molecule has 0 unspecified atom stereocenters. The van der Waals surface area contributed by atoms with E-state index in [0.29, 0.717) is 6.04 Å². The maximum Gasteiger partial charge on any atom is 0.151 e. The van der Waals surface area contributed by atoms with Gasteiger partial charge in [-0.05, 0) is 20.8 Å². The highest BCUT2D eigenvalue weighted by atomic mass is 35.5. The Bertz CT molecular complexity index is 500. The molecule has 0 atom stereocenters. The van der Waals surface area contributed by atoms with Crippen molar-refractivity contribution >= 4 is 18.2 Å². The van der Waals surface area contributed by atoms with Crippen molar-refractivity contribution < 1.29 is 0 Å². The molecule has 2 aromatic rings. The molecule has 0 aliphatic carbocycles. The van der Waals surface area contributed by atoms with Crippen molar-refractivity contribution in [3.05, 3.63) is 29.7 Å². The highest BCUT2D eigenvalue weighted by Crippen LogP contribution is 2.15. The second-order valence-corrected chi connectivity index (χ2v) is 4.61. The van der Waals surface area contributed by atoms with Crippen LogP contribution in [0.2, 0.25) is 0 Å². The first-order chi connectivity index (χ1) is 8.06. The Morgan fingerprint density at radius 2 is 2.06 bits per heavy atom. The highest BCUT2D eigenvalue weighted by Gasteiger charge is 2.07. The second-order valence-electron chi connectivity index (χ2n) is 4.61. The fourth-order valence-electron chi connectivity index (χ4n) is 1.67. The lowest BCUT2D eigenvalue weighted by molar-refractivity contribution is 0.533. The van der Waals surface area contributed by atoms with Gasteiger partial charge in [-0.3, -0.25) is 9.36 Å². The van der Waals surface area contributed by atoms with E-state index in [9.17, 15) is 0 Å². The van der Waals surface area contributed by atoms with E-state index in [2.05, 4.69) is 42.5 Å². The molecule has 2 heterocycles.